The number of aryl methyl sites for hydroxylation is 2. The molecule has 1 fully saturated rings. The first-order valence-electron chi connectivity index (χ1n) is 6.44. The van der Waals surface area contributed by atoms with Crippen LogP contribution in [0, 0.1) is 6.92 Å². The highest BCUT2D eigenvalue weighted by molar-refractivity contribution is 5.15. The number of nitrogens with zero attached hydrogens (tertiary/aromatic N) is 4. The summed E-state index contributed by atoms with van der Waals surface area (Å²) in [6, 6.07) is 0.699. The SMILES string of the molecule is Cc1nn(C)cc1CNCc1cncn1C1CC1. The van der Waals surface area contributed by atoms with Crippen LogP contribution in [0.4, 0.5) is 0 Å². The van der Waals surface area contributed by atoms with E-state index in [1.807, 2.05) is 31.2 Å². The minimum Gasteiger partial charge on any atom is -0.330 e. The predicted octanol–water partition coefficient (Wildman–Crippen LogP) is 1.55. The average molecular weight is 245 g/mol. The summed E-state index contributed by atoms with van der Waals surface area (Å²) in [7, 11) is 1.96. The van der Waals surface area contributed by atoms with Gasteiger partial charge in [0.05, 0.1) is 17.7 Å². The Morgan fingerprint density at radius 3 is 2.89 bits per heavy atom. The molecular weight excluding hydrogens is 226 g/mol. The summed E-state index contributed by atoms with van der Waals surface area (Å²) < 4.78 is 4.16. The van der Waals surface area contributed by atoms with E-state index in [9.17, 15) is 0 Å². The molecule has 0 atom stereocenters. The van der Waals surface area contributed by atoms with Crippen molar-refractivity contribution in [3.05, 3.63) is 35.7 Å². The maximum Gasteiger partial charge on any atom is 0.0951 e. The van der Waals surface area contributed by atoms with Crippen molar-refractivity contribution >= 4 is 0 Å². The highest BCUT2D eigenvalue weighted by atomic mass is 15.3. The molecule has 3 rings (SSSR count). The third-order valence-corrected chi connectivity index (χ3v) is 3.42. The van der Waals surface area contributed by atoms with Gasteiger partial charge in [0.15, 0.2) is 0 Å². The van der Waals surface area contributed by atoms with Gasteiger partial charge < -0.3 is 9.88 Å². The Balaban J connectivity index is 1.58. The molecule has 0 aromatic carbocycles. The number of imidazole rings is 1. The largest absolute Gasteiger partial charge is 0.330 e. The van der Waals surface area contributed by atoms with Gasteiger partial charge in [-0.25, -0.2) is 4.98 Å². The second-order valence-corrected chi connectivity index (χ2v) is 5.04. The molecule has 5 heteroatoms. The third-order valence-electron chi connectivity index (χ3n) is 3.42. The molecule has 96 valence electrons. The lowest BCUT2D eigenvalue weighted by atomic mass is 10.2. The van der Waals surface area contributed by atoms with Crippen molar-refractivity contribution in [2.75, 3.05) is 0 Å². The summed E-state index contributed by atoms with van der Waals surface area (Å²) in [5.74, 6) is 0. The van der Waals surface area contributed by atoms with E-state index in [2.05, 4.69) is 26.2 Å². The fourth-order valence-electron chi connectivity index (χ4n) is 2.30. The van der Waals surface area contributed by atoms with Gasteiger partial charge in [-0.3, -0.25) is 4.68 Å². The van der Waals surface area contributed by atoms with Crippen LogP contribution in [-0.2, 0) is 20.1 Å². The zero-order valence-corrected chi connectivity index (χ0v) is 10.9. The van der Waals surface area contributed by atoms with E-state index < -0.39 is 0 Å². The highest BCUT2D eigenvalue weighted by Crippen LogP contribution is 2.35. The molecule has 0 saturated heterocycles. The Morgan fingerprint density at radius 2 is 2.22 bits per heavy atom. The molecule has 0 aliphatic heterocycles. The first-order valence-corrected chi connectivity index (χ1v) is 6.44. The monoisotopic (exact) mass is 245 g/mol. The summed E-state index contributed by atoms with van der Waals surface area (Å²) in [6.07, 6.45) is 8.57. The quantitative estimate of drug-likeness (QED) is 0.869. The van der Waals surface area contributed by atoms with Crippen LogP contribution >= 0.6 is 0 Å². The normalized spacial score (nSPS) is 15.2. The van der Waals surface area contributed by atoms with Crippen molar-refractivity contribution in [2.24, 2.45) is 7.05 Å². The van der Waals surface area contributed by atoms with Crippen LogP contribution < -0.4 is 5.32 Å². The smallest absolute Gasteiger partial charge is 0.0951 e. The zero-order valence-electron chi connectivity index (χ0n) is 10.9. The third kappa shape index (κ3) is 2.31. The maximum absolute atomic E-state index is 4.34. The summed E-state index contributed by atoms with van der Waals surface area (Å²) >= 11 is 0. The maximum atomic E-state index is 4.34. The molecule has 0 spiro atoms. The van der Waals surface area contributed by atoms with Crippen LogP contribution in [-0.4, -0.2) is 19.3 Å². The second kappa shape index (κ2) is 4.57. The lowest BCUT2D eigenvalue weighted by Crippen LogP contribution is -2.15. The second-order valence-electron chi connectivity index (χ2n) is 5.04. The van der Waals surface area contributed by atoms with Crippen LogP contribution in [0.1, 0.15) is 35.8 Å². The number of hydrogen-bond donors (Lipinski definition) is 1. The fraction of sp³-hybridized carbons (Fsp3) is 0.538. The van der Waals surface area contributed by atoms with Crippen LogP contribution in [0.5, 0.6) is 0 Å². The topological polar surface area (TPSA) is 47.7 Å². The first-order chi connectivity index (χ1) is 8.74. The fourth-order valence-corrected chi connectivity index (χ4v) is 2.30. The van der Waals surface area contributed by atoms with Crippen LogP contribution in [0.2, 0.25) is 0 Å². The molecule has 0 unspecified atom stereocenters. The number of hydrogen-bond acceptors (Lipinski definition) is 3. The van der Waals surface area contributed by atoms with Gasteiger partial charge in [0.1, 0.15) is 0 Å². The van der Waals surface area contributed by atoms with Crippen molar-refractivity contribution in [1.29, 1.82) is 0 Å². The molecule has 1 aliphatic carbocycles. The highest BCUT2D eigenvalue weighted by Gasteiger charge is 2.24. The molecular formula is C13H19N5. The molecule has 5 nitrogen and oxygen atoms in total. The summed E-state index contributed by atoms with van der Waals surface area (Å²) in [5, 5.41) is 7.81. The van der Waals surface area contributed by atoms with Gasteiger partial charge in [0.2, 0.25) is 0 Å². The molecule has 1 N–H and O–H groups in total. The van der Waals surface area contributed by atoms with Gasteiger partial charge in [-0.1, -0.05) is 0 Å². The van der Waals surface area contributed by atoms with E-state index in [4.69, 9.17) is 0 Å². The Kier molecular flexibility index (Phi) is 2.91. The van der Waals surface area contributed by atoms with Gasteiger partial charge in [0, 0.05) is 44.1 Å². The van der Waals surface area contributed by atoms with Crippen molar-refractivity contribution in [2.45, 2.75) is 38.9 Å². The Labute approximate surface area is 107 Å². The van der Waals surface area contributed by atoms with Gasteiger partial charge >= 0.3 is 0 Å². The molecule has 2 heterocycles. The lowest BCUT2D eigenvalue weighted by molar-refractivity contribution is 0.619. The minimum absolute atomic E-state index is 0.699. The summed E-state index contributed by atoms with van der Waals surface area (Å²) in [4.78, 5) is 4.24. The van der Waals surface area contributed by atoms with Crippen molar-refractivity contribution in [3.63, 3.8) is 0 Å². The van der Waals surface area contributed by atoms with Gasteiger partial charge in [-0.2, -0.15) is 5.10 Å². The molecule has 0 amide bonds. The van der Waals surface area contributed by atoms with E-state index >= 15 is 0 Å². The summed E-state index contributed by atoms with van der Waals surface area (Å²) in [5.41, 5.74) is 3.63. The number of rotatable bonds is 5. The van der Waals surface area contributed by atoms with Gasteiger partial charge in [-0.05, 0) is 19.8 Å². The van der Waals surface area contributed by atoms with E-state index in [1.165, 1.54) is 24.1 Å². The average Bonchev–Trinajstić information content (AvgIpc) is 2.99. The summed E-state index contributed by atoms with van der Waals surface area (Å²) in [6.45, 7) is 3.77. The van der Waals surface area contributed by atoms with E-state index in [0.717, 1.165) is 18.8 Å². The molecule has 2 aromatic rings. The minimum atomic E-state index is 0.699. The van der Waals surface area contributed by atoms with Gasteiger partial charge in [-0.15, -0.1) is 0 Å². The van der Waals surface area contributed by atoms with Crippen molar-refractivity contribution < 1.29 is 0 Å². The first kappa shape index (κ1) is 11.5. The van der Waals surface area contributed by atoms with Crippen LogP contribution in [0.15, 0.2) is 18.7 Å². The predicted molar refractivity (Wildman–Crippen MR) is 69.0 cm³/mol. The molecule has 0 radical (unpaired) electrons. The molecule has 1 saturated carbocycles. The molecule has 1 aliphatic rings. The van der Waals surface area contributed by atoms with E-state index in [1.54, 1.807) is 0 Å². The van der Waals surface area contributed by atoms with Gasteiger partial charge in [0.25, 0.3) is 0 Å². The molecule has 18 heavy (non-hydrogen) atoms. The molecule has 0 bridgehead atoms. The van der Waals surface area contributed by atoms with Crippen molar-refractivity contribution in [3.8, 4) is 0 Å². The number of aromatic nitrogens is 4. The lowest BCUT2D eigenvalue weighted by Gasteiger charge is -2.07. The van der Waals surface area contributed by atoms with E-state index in [-0.39, 0.29) is 0 Å². The van der Waals surface area contributed by atoms with Crippen LogP contribution in [0.3, 0.4) is 0 Å². The standard InChI is InChI=1S/C13H19N5/c1-10-11(8-17(2)16-10)5-14-6-13-7-15-9-18(13)12-3-4-12/h7-9,12,14H,3-6H2,1-2H3. The Hall–Kier alpha value is -1.62. The zero-order chi connectivity index (χ0) is 12.5. The van der Waals surface area contributed by atoms with Crippen molar-refractivity contribution in [1.82, 2.24) is 24.6 Å². The Bertz CT molecular complexity index is 535. The van der Waals surface area contributed by atoms with Crippen LogP contribution in [0.25, 0.3) is 0 Å². The Morgan fingerprint density at radius 1 is 1.39 bits per heavy atom. The number of nitrogens with one attached hydrogen (secondary N) is 1. The molecule has 2 aromatic heterocycles. The van der Waals surface area contributed by atoms with E-state index in [0.29, 0.717) is 6.04 Å².